The maximum Gasteiger partial charge on any atom is 0.251 e. The fourth-order valence-electron chi connectivity index (χ4n) is 2.09. The molecule has 4 nitrogen and oxygen atoms in total. The Morgan fingerprint density at radius 2 is 2.32 bits per heavy atom. The average Bonchev–Trinajstić information content (AvgIpc) is 2.85. The van der Waals surface area contributed by atoms with Crippen LogP contribution in [-0.4, -0.2) is 34.7 Å². The van der Waals surface area contributed by atoms with Gasteiger partial charge in [-0.1, -0.05) is 13.0 Å². The van der Waals surface area contributed by atoms with Crippen LogP contribution in [0, 0.1) is 0 Å². The number of benzene rings is 1. The van der Waals surface area contributed by atoms with Gasteiger partial charge in [-0.05, 0) is 30.5 Å². The maximum atomic E-state index is 12.0. The molecule has 2 N–H and O–H groups in total. The maximum absolute atomic E-state index is 12.0. The molecule has 0 saturated carbocycles. The minimum absolute atomic E-state index is 0.0643. The second-order valence-electron chi connectivity index (χ2n) is 4.90. The van der Waals surface area contributed by atoms with Gasteiger partial charge in [0.1, 0.15) is 0 Å². The summed E-state index contributed by atoms with van der Waals surface area (Å²) >= 11 is 0. The second kappa shape index (κ2) is 6.19. The number of nitrogens with one attached hydrogen (secondary N) is 2. The van der Waals surface area contributed by atoms with Crippen LogP contribution in [0.15, 0.2) is 18.2 Å². The van der Waals surface area contributed by atoms with E-state index < -0.39 is 10.8 Å². The molecule has 104 valence electrons. The van der Waals surface area contributed by atoms with Gasteiger partial charge in [0, 0.05) is 46.6 Å². The zero-order chi connectivity index (χ0) is 13.8. The third kappa shape index (κ3) is 3.56. The highest BCUT2D eigenvalue weighted by Crippen LogP contribution is 2.23. The number of hydrogen-bond acceptors (Lipinski definition) is 3. The van der Waals surface area contributed by atoms with Crippen LogP contribution < -0.4 is 10.6 Å². The summed E-state index contributed by atoms with van der Waals surface area (Å²) in [6.45, 7) is 3.44. The van der Waals surface area contributed by atoms with Crippen LogP contribution in [0.5, 0.6) is 0 Å². The number of rotatable bonds is 5. The van der Waals surface area contributed by atoms with Crippen molar-refractivity contribution < 1.29 is 9.00 Å². The van der Waals surface area contributed by atoms with Crippen LogP contribution in [0.2, 0.25) is 0 Å². The van der Waals surface area contributed by atoms with Gasteiger partial charge in [0.15, 0.2) is 0 Å². The van der Waals surface area contributed by atoms with E-state index in [-0.39, 0.29) is 11.2 Å². The third-order valence-electron chi connectivity index (χ3n) is 3.48. The van der Waals surface area contributed by atoms with Crippen molar-refractivity contribution in [1.29, 1.82) is 0 Å². The SMILES string of the molecule is CC(CCNC(=O)c1ccc2c(c1)NCC2)S(C)=O. The van der Waals surface area contributed by atoms with Crippen LogP contribution >= 0.6 is 0 Å². The molecule has 1 aliphatic rings. The number of carbonyl (C=O) groups excluding carboxylic acids is 1. The van der Waals surface area contributed by atoms with Gasteiger partial charge in [0.05, 0.1) is 0 Å². The monoisotopic (exact) mass is 280 g/mol. The van der Waals surface area contributed by atoms with Crippen LogP contribution in [-0.2, 0) is 17.2 Å². The van der Waals surface area contributed by atoms with E-state index in [4.69, 9.17) is 0 Å². The molecule has 0 bridgehead atoms. The lowest BCUT2D eigenvalue weighted by atomic mass is 10.1. The molecule has 0 spiro atoms. The molecule has 1 amide bonds. The lowest BCUT2D eigenvalue weighted by molar-refractivity contribution is 0.0953. The lowest BCUT2D eigenvalue weighted by Crippen LogP contribution is -2.27. The van der Waals surface area contributed by atoms with Crippen molar-refractivity contribution >= 4 is 22.4 Å². The highest BCUT2D eigenvalue weighted by molar-refractivity contribution is 7.84. The molecule has 19 heavy (non-hydrogen) atoms. The van der Waals surface area contributed by atoms with Crippen molar-refractivity contribution in [2.45, 2.75) is 25.0 Å². The third-order valence-corrected chi connectivity index (χ3v) is 4.85. The Kier molecular flexibility index (Phi) is 4.58. The molecule has 1 heterocycles. The predicted octanol–water partition coefficient (Wildman–Crippen LogP) is 1.54. The first-order valence-corrected chi connectivity index (χ1v) is 8.17. The Hall–Kier alpha value is -1.36. The number of carbonyl (C=O) groups is 1. The molecule has 0 aliphatic carbocycles. The largest absolute Gasteiger partial charge is 0.384 e. The topological polar surface area (TPSA) is 58.2 Å². The Morgan fingerprint density at radius 3 is 3.05 bits per heavy atom. The molecule has 5 heteroatoms. The van der Waals surface area contributed by atoms with Gasteiger partial charge in [-0.25, -0.2) is 0 Å². The number of hydrogen-bond donors (Lipinski definition) is 2. The van der Waals surface area contributed by atoms with E-state index in [1.54, 1.807) is 6.26 Å². The summed E-state index contributed by atoms with van der Waals surface area (Å²) in [6.07, 6.45) is 3.45. The Labute approximate surface area is 116 Å². The number of amides is 1. The fourth-order valence-corrected chi connectivity index (χ4v) is 2.54. The van der Waals surface area contributed by atoms with Crippen LogP contribution in [0.4, 0.5) is 5.69 Å². The first-order chi connectivity index (χ1) is 9.08. The van der Waals surface area contributed by atoms with Gasteiger partial charge >= 0.3 is 0 Å². The van der Waals surface area contributed by atoms with Gasteiger partial charge < -0.3 is 10.6 Å². The smallest absolute Gasteiger partial charge is 0.251 e. The molecule has 0 fully saturated rings. The quantitative estimate of drug-likeness (QED) is 0.860. The lowest BCUT2D eigenvalue weighted by Gasteiger charge is -2.10. The summed E-state index contributed by atoms with van der Waals surface area (Å²) in [7, 11) is -0.831. The van der Waals surface area contributed by atoms with Crippen molar-refractivity contribution in [1.82, 2.24) is 5.32 Å². The predicted molar refractivity (Wildman–Crippen MR) is 79.1 cm³/mol. The van der Waals surface area contributed by atoms with Crippen molar-refractivity contribution in [3.05, 3.63) is 29.3 Å². The second-order valence-corrected chi connectivity index (χ2v) is 6.70. The summed E-state index contributed by atoms with van der Waals surface area (Å²) in [5, 5.41) is 6.25. The van der Waals surface area contributed by atoms with Crippen LogP contribution in [0.3, 0.4) is 0 Å². The highest BCUT2D eigenvalue weighted by Gasteiger charge is 2.13. The van der Waals surface area contributed by atoms with Crippen LogP contribution in [0.25, 0.3) is 0 Å². The van der Waals surface area contributed by atoms with Gasteiger partial charge in [-0.2, -0.15) is 0 Å². The van der Waals surface area contributed by atoms with Crippen molar-refractivity contribution in [3.8, 4) is 0 Å². The summed E-state index contributed by atoms with van der Waals surface area (Å²) in [5.41, 5.74) is 3.01. The highest BCUT2D eigenvalue weighted by atomic mass is 32.2. The Bertz CT molecular complexity index is 502. The number of fused-ring (bicyclic) bond motifs is 1. The molecule has 0 aromatic heterocycles. The van der Waals surface area contributed by atoms with Gasteiger partial charge in [-0.15, -0.1) is 0 Å². The standard InChI is InChI=1S/C14H20N2O2S/c1-10(19(2)18)5-7-16-14(17)12-4-3-11-6-8-15-13(11)9-12/h3-4,9-10,15H,5-8H2,1-2H3,(H,16,17). The van der Waals surface area contributed by atoms with Crippen molar-refractivity contribution in [2.75, 3.05) is 24.7 Å². The van der Waals surface area contributed by atoms with E-state index in [1.165, 1.54) is 5.56 Å². The van der Waals surface area contributed by atoms with E-state index in [1.807, 2.05) is 25.1 Å². The van der Waals surface area contributed by atoms with E-state index in [2.05, 4.69) is 10.6 Å². The van der Waals surface area contributed by atoms with Crippen LogP contribution in [0.1, 0.15) is 29.3 Å². The Morgan fingerprint density at radius 1 is 1.53 bits per heavy atom. The molecule has 1 aliphatic heterocycles. The molecule has 1 aromatic rings. The minimum Gasteiger partial charge on any atom is -0.384 e. The van der Waals surface area contributed by atoms with E-state index in [0.717, 1.165) is 25.1 Å². The normalized spacial score (nSPS) is 16.3. The van der Waals surface area contributed by atoms with Crippen molar-refractivity contribution in [2.24, 2.45) is 0 Å². The first-order valence-electron chi connectivity index (χ1n) is 6.55. The minimum atomic E-state index is -0.831. The number of anilines is 1. The zero-order valence-electron chi connectivity index (χ0n) is 11.4. The van der Waals surface area contributed by atoms with E-state index >= 15 is 0 Å². The molecule has 0 saturated heterocycles. The Balaban J connectivity index is 1.88. The first kappa shape index (κ1) is 14.1. The summed E-state index contributed by atoms with van der Waals surface area (Å²) in [4.78, 5) is 12.0. The van der Waals surface area contributed by atoms with Gasteiger partial charge in [-0.3, -0.25) is 9.00 Å². The molecule has 2 unspecified atom stereocenters. The van der Waals surface area contributed by atoms with Gasteiger partial charge in [0.2, 0.25) is 0 Å². The molecular weight excluding hydrogens is 260 g/mol. The van der Waals surface area contributed by atoms with E-state index in [9.17, 15) is 9.00 Å². The molecular formula is C14H20N2O2S. The summed E-state index contributed by atoms with van der Waals surface area (Å²) < 4.78 is 11.2. The summed E-state index contributed by atoms with van der Waals surface area (Å²) in [5.74, 6) is -0.0643. The molecule has 0 radical (unpaired) electrons. The summed E-state index contributed by atoms with van der Waals surface area (Å²) in [6, 6.07) is 5.77. The fraction of sp³-hybridized carbons (Fsp3) is 0.500. The molecule has 2 atom stereocenters. The van der Waals surface area contributed by atoms with Crippen molar-refractivity contribution in [3.63, 3.8) is 0 Å². The zero-order valence-corrected chi connectivity index (χ0v) is 12.2. The molecule has 1 aromatic carbocycles. The van der Waals surface area contributed by atoms with Gasteiger partial charge in [0.25, 0.3) is 5.91 Å². The van der Waals surface area contributed by atoms with E-state index in [0.29, 0.717) is 12.1 Å². The average molecular weight is 280 g/mol. The molecule has 2 rings (SSSR count).